The number of aromatic nitrogens is 1. The van der Waals surface area contributed by atoms with Crippen molar-refractivity contribution in [3.8, 4) is 0 Å². The molecule has 1 unspecified atom stereocenters. The first-order chi connectivity index (χ1) is 6.59. The van der Waals surface area contributed by atoms with E-state index in [1.54, 1.807) is 0 Å². The number of aliphatic hydroxyl groups excluding tert-OH is 1. The second kappa shape index (κ2) is 5.05. The molecular weight excluding hydrogens is 181 g/mol. The molecule has 1 heterocycles. The molecule has 1 aromatic heterocycles. The summed E-state index contributed by atoms with van der Waals surface area (Å²) in [4.78, 5) is 3.70. The topological polar surface area (TPSA) is 33.1 Å². The van der Waals surface area contributed by atoms with E-state index in [2.05, 4.69) is 18.8 Å². The Balaban J connectivity index is 2.56. The summed E-state index contributed by atoms with van der Waals surface area (Å²) in [6, 6.07) is 1.33. The van der Waals surface area contributed by atoms with Gasteiger partial charge in [-0.05, 0) is 24.8 Å². The molecule has 0 aromatic carbocycles. The van der Waals surface area contributed by atoms with Crippen LogP contribution < -0.4 is 0 Å². The van der Waals surface area contributed by atoms with E-state index in [0.29, 0.717) is 17.9 Å². The second-order valence-corrected chi connectivity index (χ2v) is 3.92. The van der Waals surface area contributed by atoms with Crippen molar-refractivity contribution in [2.75, 3.05) is 0 Å². The number of halogens is 1. The van der Waals surface area contributed by atoms with Gasteiger partial charge in [0.15, 0.2) is 0 Å². The fourth-order valence-corrected chi connectivity index (χ4v) is 1.27. The standard InChI is InChI=1S/C11H16FNO/c1-8(2)3-4-11(14)9-5-10(12)7-13-6-9/h5-8,11,14H,3-4H2,1-2H3. The molecule has 1 N–H and O–H groups in total. The van der Waals surface area contributed by atoms with E-state index < -0.39 is 11.9 Å². The predicted octanol–water partition coefficient (Wildman–Crippen LogP) is 2.69. The lowest BCUT2D eigenvalue weighted by molar-refractivity contribution is 0.158. The zero-order valence-electron chi connectivity index (χ0n) is 8.57. The number of hydrogen-bond donors (Lipinski definition) is 1. The summed E-state index contributed by atoms with van der Waals surface area (Å²) in [6.07, 6.45) is 3.63. The van der Waals surface area contributed by atoms with Crippen molar-refractivity contribution in [3.05, 3.63) is 29.8 Å². The van der Waals surface area contributed by atoms with E-state index in [1.807, 2.05) is 0 Å². The van der Waals surface area contributed by atoms with Gasteiger partial charge in [0.2, 0.25) is 0 Å². The van der Waals surface area contributed by atoms with Crippen LogP contribution in [-0.4, -0.2) is 10.1 Å². The van der Waals surface area contributed by atoms with Gasteiger partial charge in [-0.3, -0.25) is 4.98 Å². The molecule has 0 saturated carbocycles. The third-order valence-electron chi connectivity index (χ3n) is 2.13. The van der Waals surface area contributed by atoms with Gasteiger partial charge in [-0.1, -0.05) is 13.8 Å². The van der Waals surface area contributed by atoms with Crippen molar-refractivity contribution in [2.45, 2.75) is 32.8 Å². The van der Waals surface area contributed by atoms with E-state index in [4.69, 9.17) is 0 Å². The molecule has 0 fully saturated rings. The first kappa shape index (κ1) is 11.1. The third-order valence-corrected chi connectivity index (χ3v) is 2.13. The molecule has 78 valence electrons. The summed E-state index contributed by atoms with van der Waals surface area (Å²) in [5, 5.41) is 9.69. The van der Waals surface area contributed by atoms with Gasteiger partial charge in [-0.15, -0.1) is 0 Å². The highest BCUT2D eigenvalue weighted by Crippen LogP contribution is 2.20. The molecule has 3 heteroatoms. The normalized spacial score (nSPS) is 13.2. The number of rotatable bonds is 4. The fraction of sp³-hybridized carbons (Fsp3) is 0.545. The average Bonchev–Trinajstić information content (AvgIpc) is 2.14. The summed E-state index contributed by atoms with van der Waals surface area (Å²) in [5.74, 6) is 0.150. The van der Waals surface area contributed by atoms with Crippen molar-refractivity contribution >= 4 is 0 Å². The molecule has 0 aliphatic heterocycles. The number of pyridine rings is 1. The molecule has 0 aliphatic carbocycles. The van der Waals surface area contributed by atoms with E-state index in [1.165, 1.54) is 12.3 Å². The Kier molecular flexibility index (Phi) is 4.01. The monoisotopic (exact) mass is 197 g/mol. The summed E-state index contributed by atoms with van der Waals surface area (Å²) in [7, 11) is 0. The van der Waals surface area contributed by atoms with Crippen molar-refractivity contribution in [1.29, 1.82) is 0 Å². The Labute approximate surface area is 83.8 Å². The van der Waals surface area contributed by atoms with Crippen LogP contribution in [0.5, 0.6) is 0 Å². The maximum Gasteiger partial charge on any atom is 0.141 e. The fourth-order valence-electron chi connectivity index (χ4n) is 1.27. The Bertz CT molecular complexity index is 288. The molecule has 1 atom stereocenters. The first-order valence-electron chi connectivity index (χ1n) is 4.88. The molecule has 0 spiro atoms. The zero-order valence-corrected chi connectivity index (χ0v) is 8.57. The smallest absolute Gasteiger partial charge is 0.141 e. The molecule has 1 rings (SSSR count). The van der Waals surface area contributed by atoms with Gasteiger partial charge in [0.05, 0.1) is 12.3 Å². The minimum absolute atomic E-state index is 0.397. The lowest BCUT2D eigenvalue weighted by Gasteiger charge is -2.11. The largest absolute Gasteiger partial charge is 0.388 e. The lowest BCUT2D eigenvalue weighted by atomic mass is 10.0. The highest BCUT2D eigenvalue weighted by Gasteiger charge is 2.09. The van der Waals surface area contributed by atoms with Crippen molar-refractivity contribution in [3.63, 3.8) is 0 Å². The lowest BCUT2D eigenvalue weighted by Crippen LogP contribution is -2.01. The minimum atomic E-state index is -0.597. The molecule has 0 aliphatic rings. The van der Waals surface area contributed by atoms with Crippen LogP contribution in [-0.2, 0) is 0 Å². The van der Waals surface area contributed by atoms with E-state index in [-0.39, 0.29) is 0 Å². The van der Waals surface area contributed by atoms with Crippen LogP contribution in [0.2, 0.25) is 0 Å². The highest BCUT2D eigenvalue weighted by molar-refractivity contribution is 5.12. The van der Waals surface area contributed by atoms with Gasteiger partial charge < -0.3 is 5.11 Å². The van der Waals surface area contributed by atoms with E-state index in [9.17, 15) is 9.50 Å². The number of aliphatic hydroxyl groups is 1. The Morgan fingerprint density at radius 2 is 2.07 bits per heavy atom. The Morgan fingerprint density at radius 3 is 2.64 bits per heavy atom. The second-order valence-electron chi connectivity index (χ2n) is 3.92. The summed E-state index contributed by atoms with van der Waals surface area (Å²) in [5.41, 5.74) is 0.561. The minimum Gasteiger partial charge on any atom is -0.388 e. The Hall–Kier alpha value is -0.960. The van der Waals surface area contributed by atoms with Crippen LogP contribution in [0.1, 0.15) is 38.4 Å². The van der Waals surface area contributed by atoms with E-state index >= 15 is 0 Å². The van der Waals surface area contributed by atoms with Crippen molar-refractivity contribution < 1.29 is 9.50 Å². The van der Waals surface area contributed by atoms with E-state index in [0.717, 1.165) is 12.6 Å². The molecule has 0 radical (unpaired) electrons. The van der Waals surface area contributed by atoms with Gasteiger partial charge in [0, 0.05) is 11.8 Å². The van der Waals surface area contributed by atoms with Gasteiger partial charge >= 0.3 is 0 Å². The molecule has 0 bridgehead atoms. The van der Waals surface area contributed by atoms with Crippen LogP contribution >= 0.6 is 0 Å². The molecular formula is C11H16FNO. The molecule has 2 nitrogen and oxygen atoms in total. The maximum atomic E-state index is 12.8. The quantitative estimate of drug-likeness (QED) is 0.805. The van der Waals surface area contributed by atoms with Crippen LogP contribution in [0.25, 0.3) is 0 Å². The van der Waals surface area contributed by atoms with Crippen LogP contribution in [0.3, 0.4) is 0 Å². The van der Waals surface area contributed by atoms with Gasteiger partial charge in [-0.2, -0.15) is 0 Å². The van der Waals surface area contributed by atoms with Gasteiger partial charge in [0.1, 0.15) is 5.82 Å². The van der Waals surface area contributed by atoms with Crippen LogP contribution in [0.4, 0.5) is 4.39 Å². The first-order valence-corrected chi connectivity index (χ1v) is 4.88. The summed E-state index contributed by atoms with van der Waals surface area (Å²) >= 11 is 0. The average molecular weight is 197 g/mol. The number of hydrogen-bond acceptors (Lipinski definition) is 2. The van der Waals surface area contributed by atoms with Crippen molar-refractivity contribution in [2.24, 2.45) is 5.92 Å². The SMILES string of the molecule is CC(C)CCC(O)c1cncc(F)c1. The molecule has 14 heavy (non-hydrogen) atoms. The third kappa shape index (κ3) is 3.42. The molecule has 1 aromatic rings. The number of nitrogens with zero attached hydrogens (tertiary/aromatic N) is 1. The highest BCUT2D eigenvalue weighted by atomic mass is 19.1. The van der Waals surface area contributed by atoms with Crippen LogP contribution in [0.15, 0.2) is 18.5 Å². The van der Waals surface area contributed by atoms with Gasteiger partial charge in [-0.25, -0.2) is 4.39 Å². The predicted molar refractivity (Wildman–Crippen MR) is 53.2 cm³/mol. The molecule has 0 saturated heterocycles. The Morgan fingerprint density at radius 1 is 1.36 bits per heavy atom. The zero-order chi connectivity index (χ0) is 10.6. The van der Waals surface area contributed by atoms with Gasteiger partial charge in [0.25, 0.3) is 0 Å². The molecule has 0 amide bonds. The summed E-state index contributed by atoms with van der Waals surface area (Å²) in [6.45, 7) is 4.19. The van der Waals surface area contributed by atoms with Crippen LogP contribution in [0, 0.1) is 11.7 Å². The maximum absolute atomic E-state index is 12.8. The van der Waals surface area contributed by atoms with Crippen molar-refractivity contribution in [1.82, 2.24) is 4.98 Å². The summed E-state index contributed by atoms with van der Waals surface area (Å²) < 4.78 is 12.8.